The molecule has 0 bridgehead atoms. The second-order valence-corrected chi connectivity index (χ2v) is 6.88. The summed E-state index contributed by atoms with van der Waals surface area (Å²) in [5.41, 5.74) is 1.45. The SMILES string of the molecule is CC.Cc1cc(-c2nnc3c4ccccc4c(OCc4cc(C(=O)NCCO)on4)nn23)no1. The normalized spacial score (nSPS) is 10.8. The van der Waals surface area contributed by atoms with Gasteiger partial charge in [0.05, 0.1) is 6.61 Å². The van der Waals surface area contributed by atoms with Crippen molar-refractivity contribution in [1.29, 1.82) is 0 Å². The highest BCUT2D eigenvalue weighted by atomic mass is 16.5. The van der Waals surface area contributed by atoms with Gasteiger partial charge in [-0.1, -0.05) is 42.4 Å². The summed E-state index contributed by atoms with van der Waals surface area (Å²) >= 11 is 0. The molecule has 1 amide bonds. The molecule has 0 radical (unpaired) electrons. The molecule has 0 aliphatic carbocycles. The molecular weight excluding hydrogens is 442 g/mol. The number of aliphatic hydroxyl groups excluding tert-OH is 1. The Morgan fingerprint density at radius 1 is 1.12 bits per heavy atom. The van der Waals surface area contributed by atoms with Gasteiger partial charge in [0.25, 0.3) is 5.91 Å². The minimum Gasteiger partial charge on any atom is -0.470 e. The van der Waals surface area contributed by atoms with Crippen LogP contribution in [0.25, 0.3) is 27.9 Å². The van der Waals surface area contributed by atoms with Gasteiger partial charge in [-0.2, -0.15) is 4.52 Å². The average Bonchev–Trinajstić information content (AvgIpc) is 3.62. The van der Waals surface area contributed by atoms with E-state index in [2.05, 4.69) is 30.9 Å². The van der Waals surface area contributed by atoms with Crippen molar-refractivity contribution in [3.05, 3.63) is 53.6 Å². The first-order chi connectivity index (χ1) is 16.6. The maximum atomic E-state index is 11.9. The van der Waals surface area contributed by atoms with Gasteiger partial charge in [-0.05, 0) is 13.0 Å². The number of hydrogen-bond acceptors (Lipinski definition) is 10. The number of amides is 1. The number of benzene rings is 1. The van der Waals surface area contributed by atoms with E-state index >= 15 is 0 Å². The number of aliphatic hydroxyl groups is 1. The number of carbonyl (C=O) groups is 1. The number of nitrogens with one attached hydrogen (secondary N) is 1. The second kappa shape index (κ2) is 10.1. The van der Waals surface area contributed by atoms with Gasteiger partial charge in [-0.25, -0.2) is 0 Å². The van der Waals surface area contributed by atoms with Crippen LogP contribution in [0.5, 0.6) is 5.88 Å². The summed E-state index contributed by atoms with van der Waals surface area (Å²) in [5, 5.41) is 33.7. The lowest BCUT2D eigenvalue weighted by Gasteiger charge is -2.08. The first-order valence-electron chi connectivity index (χ1n) is 10.7. The molecule has 12 nitrogen and oxygen atoms in total. The largest absolute Gasteiger partial charge is 0.470 e. The smallest absolute Gasteiger partial charge is 0.289 e. The Hall–Kier alpha value is -4.32. The number of hydrogen-bond donors (Lipinski definition) is 2. The molecule has 0 atom stereocenters. The number of ether oxygens (including phenoxy) is 1. The quantitative estimate of drug-likeness (QED) is 0.366. The second-order valence-electron chi connectivity index (χ2n) is 6.88. The lowest BCUT2D eigenvalue weighted by Crippen LogP contribution is -2.25. The third-order valence-electron chi connectivity index (χ3n) is 4.62. The van der Waals surface area contributed by atoms with E-state index in [1.165, 1.54) is 6.07 Å². The molecule has 5 rings (SSSR count). The Bertz CT molecular complexity index is 1420. The molecule has 0 saturated carbocycles. The molecule has 0 saturated heterocycles. The van der Waals surface area contributed by atoms with Crippen LogP contribution in [0.3, 0.4) is 0 Å². The fraction of sp³-hybridized carbons (Fsp3) is 0.273. The first-order valence-corrected chi connectivity index (χ1v) is 10.7. The van der Waals surface area contributed by atoms with Gasteiger partial charge < -0.3 is 24.2 Å². The molecule has 0 aliphatic rings. The zero-order chi connectivity index (χ0) is 24.1. The maximum absolute atomic E-state index is 11.9. The van der Waals surface area contributed by atoms with Crippen molar-refractivity contribution in [2.45, 2.75) is 27.4 Å². The topological polar surface area (TPSA) is 154 Å². The van der Waals surface area contributed by atoms with Gasteiger partial charge >= 0.3 is 0 Å². The lowest BCUT2D eigenvalue weighted by molar-refractivity contribution is 0.0907. The molecule has 4 aromatic heterocycles. The minimum absolute atomic E-state index is 0.0137. The van der Waals surface area contributed by atoms with Crippen molar-refractivity contribution in [2.75, 3.05) is 13.2 Å². The number of nitrogens with zero attached hydrogens (tertiary/aromatic N) is 6. The van der Waals surface area contributed by atoms with Gasteiger partial charge in [0.1, 0.15) is 18.1 Å². The highest BCUT2D eigenvalue weighted by Gasteiger charge is 2.19. The number of aryl methyl sites for hydroxylation is 1. The zero-order valence-electron chi connectivity index (χ0n) is 18.8. The summed E-state index contributed by atoms with van der Waals surface area (Å²) < 4.78 is 17.7. The van der Waals surface area contributed by atoms with Crippen molar-refractivity contribution in [3.63, 3.8) is 0 Å². The molecule has 34 heavy (non-hydrogen) atoms. The van der Waals surface area contributed by atoms with E-state index in [-0.39, 0.29) is 25.5 Å². The van der Waals surface area contributed by atoms with Gasteiger partial charge in [0.15, 0.2) is 11.3 Å². The van der Waals surface area contributed by atoms with Gasteiger partial charge in [0.2, 0.25) is 17.5 Å². The maximum Gasteiger partial charge on any atom is 0.289 e. The average molecular weight is 465 g/mol. The van der Waals surface area contributed by atoms with E-state index in [1.54, 1.807) is 17.5 Å². The fourth-order valence-electron chi connectivity index (χ4n) is 3.18. The summed E-state index contributed by atoms with van der Waals surface area (Å²) in [4.78, 5) is 11.9. The Labute approximate surface area is 193 Å². The predicted molar refractivity (Wildman–Crippen MR) is 120 cm³/mol. The molecule has 5 aromatic rings. The molecule has 1 aromatic carbocycles. The summed E-state index contributed by atoms with van der Waals surface area (Å²) in [7, 11) is 0. The summed E-state index contributed by atoms with van der Waals surface area (Å²) in [5.74, 6) is 0.923. The van der Waals surface area contributed by atoms with E-state index in [0.29, 0.717) is 34.5 Å². The number of carbonyl (C=O) groups excluding carboxylic acids is 1. The highest BCUT2D eigenvalue weighted by Crippen LogP contribution is 2.29. The van der Waals surface area contributed by atoms with E-state index in [1.807, 2.05) is 38.1 Å². The van der Waals surface area contributed by atoms with Crippen molar-refractivity contribution in [3.8, 4) is 17.4 Å². The van der Waals surface area contributed by atoms with Crippen LogP contribution >= 0.6 is 0 Å². The molecule has 2 N–H and O–H groups in total. The molecule has 0 unspecified atom stereocenters. The standard InChI is InChI=1S/C20H17N7O5.C2H6/c1-11-8-15(26-31-11)18-23-22-17-13-4-2-3-5-14(13)20(24-27(17)18)30-10-12-9-16(32-25-12)19(29)21-6-7-28;1-2/h2-5,8-9,28H,6-7,10H2,1H3,(H,21,29);1-2H3. The molecule has 0 fully saturated rings. The van der Waals surface area contributed by atoms with Crippen LogP contribution in [0, 0.1) is 6.92 Å². The van der Waals surface area contributed by atoms with Crippen LogP contribution in [0.1, 0.15) is 35.9 Å². The molecule has 0 aliphatic heterocycles. The van der Waals surface area contributed by atoms with Crippen LogP contribution in [0.4, 0.5) is 0 Å². The van der Waals surface area contributed by atoms with Crippen molar-refractivity contribution in [2.24, 2.45) is 0 Å². The van der Waals surface area contributed by atoms with Crippen molar-refractivity contribution >= 4 is 22.3 Å². The van der Waals surface area contributed by atoms with E-state index < -0.39 is 5.91 Å². The van der Waals surface area contributed by atoms with Crippen LogP contribution in [-0.2, 0) is 6.61 Å². The molecule has 4 heterocycles. The van der Waals surface area contributed by atoms with Crippen LogP contribution in [0.15, 0.2) is 45.4 Å². The number of aromatic nitrogens is 6. The van der Waals surface area contributed by atoms with Crippen molar-refractivity contribution in [1.82, 2.24) is 35.4 Å². The van der Waals surface area contributed by atoms with E-state index in [0.717, 1.165) is 10.8 Å². The lowest BCUT2D eigenvalue weighted by atomic mass is 10.2. The molecule has 12 heteroatoms. The van der Waals surface area contributed by atoms with Crippen molar-refractivity contribution < 1.29 is 23.7 Å². The Kier molecular flexibility index (Phi) is 6.78. The summed E-state index contributed by atoms with van der Waals surface area (Å²) in [6.45, 7) is 5.75. The Morgan fingerprint density at radius 3 is 2.65 bits per heavy atom. The van der Waals surface area contributed by atoms with Gasteiger partial charge in [-0.3, -0.25) is 4.79 Å². The minimum atomic E-state index is -0.472. The summed E-state index contributed by atoms with van der Waals surface area (Å²) in [6, 6.07) is 10.7. The molecule has 0 spiro atoms. The third-order valence-corrected chi connectivity index (χ3v) is 4.62. The monoisotopic (exact) mass is 465 g/mol. The molecule has 176 valence electrons. The summed E-state index contributed by atoms with van der Waals surface area (Å²) in [6.07, 6.45) is 0. The van der Waals surface area contributed by atoms with E-state index in [4.69, 9.17) is 18.9 Å². The Balaban J connectivity index is 0.00000133. The predicted octanol–water partition coefficient (Wildman–Crippen LogP) is 2.56. The first kappa shape index (κ1) is 22.9. The zero-order valence-corrected chi connectivity index (χ0v) is 18.8. The highest BCUT2D eigenvalue weighted by molar-refractivity contribution is 5.97. The van der Waals surface area contributed by atoms with Crippen LogP contribution in [-0.4, -0.2) is 54.3 Å². The Morgan fingerprint density at radius 2 is 1.91 bits per heavy atom. The van der Waals surface area contributed by atoms with Gasteiger partial charge in [-0.15, -0.1) is 15.3 Å². The number of fused-ring (bicyclic) bond motifs is 3. The van der Waals surface area contributed by atoms with Crippen LogP contribution in [0.2, 0.25) is 0 Å². The molecular formula is C22H23N7O5. The number of rotatable bonds is 7. The van der Waals surface area contributed by atoms with Gasteiger partial charge in [0, 0.05) is 29.4 Å². The fourth-order valence-corrected chi connectivity index (χ4v) is 3.18. The van der Waals surface area contributed by atoms with Crippen LogP contribution < -0.4 is 10.1 Å². The van der Waals surface area contributed by atoms with E-state index in [9.17, 15) is 4.79 Å². The third kappa shape index (κ3) is 4.43.